The molecule has 2 aromatic rings. The van der Waals surface area contributed by atoms with Crippen molar-refractivity contribution >= 4 is 38.3 Å². The third-order valence-electron chi connectivity index (χ3n) is 3.20. The molecule has 7 heteroatoms. The number of hydrogen-bond donors (Lipinski definition) is 0. The molecule has 0 saturated carbocycles. The quantitative estimate of drug-likeness (QED) is 0.681. The van der Waals surface area contributed by atoms with Crippen LogP contribution in [0.1, 0.15) is 10.5 Å². The van der Waals surface area contributed by atoms with Crippen LogP contribution in [0.15, 0.2) is 42.6 Å². The number of sulfone groups is 1. The summed E-state index contributed by atoms with van der Waals surface area (Å²) >= 11 is 2.22. The molecule has 0 saturated heterocycles. The van der Waals surface area contributed by atoms with Crippen LogP contribution in [0.4, 0.5) is 0 Å². The summed E-state index contributed by atoms with van der Waals surface area (Å²) in [6, 6.07) is 11.4. The van der Waals surface area contributed by atoms with Crippen molar-refractivity contribution < 1.29 is 13.2 Å². The number of carbonyl (C=O) groups is 1. The number of rotatable bonds is 5. The van der Waals surface area contributed by atoms with Gasteiger partial charge in [-0.05, 0) is 52.9 Å². The number of carbonyl (C=O) groups excluding carboxylic acids is 1. The van der Waals surface area contributed by atoms with Crippen LogP contribution in [0, 0.1) is 3.57 Å². The lowest BCUT2D eigenvalue weighted by Gasteiger charge is -2.18. The van der Waals surface area contributed by atoms with Crippen molar-refractivity contribution in [2.45, 2.75) is 0 Å². The van der Waals surface area contributed by atoms with Gasteiger partial charge in [-0.3, -0.25) is 4.79 Å². The molecule has 0 spiro atoms. The lowest BCUT2D eigenvalue weighted by Crippen LogP contribution is -2.32. The second-order valence-electron chi connectivity index (χ2n) is 5.10. The van der Waals surface area contributed by atoms with E-state index >= 15 is 0 Å². The van der Waals surface area contributed by atoms with Crippen LogP contribution >= 0.6 is 22.6 Å². The Labute approximate surface area is 144 Å². The van der Waals surface area contributed by atoms with Gasteiger partial charge in [0.2, 0.25) is 0 Å². The minimum atomic E-state index is -3.09. The van der Waals surface area contributed by atoms with Gasteiger partial charge in [0.1, 0.15) is 15.5 Å². The fourth-order valence-corrected chi connectivity index (χ4v) is 3.14. The second-order valence-corrected chi connectivity index (χ2v) is 8.61. The monoisotopic (exact) mass is 432 g/mol. The van der Waals surface area contributed by atoms with E-state index in [2.05, 4.69) is 22.6 Å². The maximum atomic E-state index is 12.5. The predicted molar refractivity (Wildman–Crippen MR) is 95.2 cm³/mol. The van der Waals surface area contributed by atoms with Crippen LogP contribution in [0.5, 0.6) is 0 Å². The van der Waals surface area contributed by atoms with E-state index in [-0.39, 0.29) is 18.2 Å². The first-order valence-corrected chi connectivity index (χ1v) is 9.78. The van der Waals surface area contributed by atoms with E-state index in [0.29, 0.717) is 5.69 Å². The largest absolute Gasteiger partial charge is 0.339 e. The highest BCUT2D eigenvalue weighted by atomic mass is 127. The maximum Gasteiger partial charge on any atom is 0.270 e. The molecule has 1 heterocycles. The van der Waals surface area contributed by atoms with Crippen LogP contribution in [0.3, 0.4) is 0 Å². The highest BCUT2D eigenvalue weighted by Crippen LogP contribution is 2.16. The maximum absolute atomic E-state index is 12.5. The number of nitrogens with zero attached hydrogens (tertiary/aromatic N) is 2. The molecule has 1 aromatic carbocycles. The molecule has 0 aliphatic rings. The Morgan fingerprint density at radius 2 is 2.00 bits per heavy atom. The lowest BCUT2D eigenvalue weighted by molar-refractivity contribution is 0.0795. The van der Waals surface area contributed by atoms with Gasteiger partial charge >= 0.3 is 0 Å². The van der Waals surface area contributed by atoms with E-state index < -0.39 is 9.84 Å². The van der Waals surface area contributed by atoms with Gasteiger partial charge in [0.05, 0.1) is 5.75 Å². The molecular weight excluding hydrogens is 415 g/mol. The summed E-state index contributed by atoms with van der Waals surface area (Å²) in [4.78, 5) is 13.9. The molecule has 22 heavy (non-hydrogen) atoms. The van der Waals surface area contributed by atoms with Crippen molar-refractivity contribution in [1.29, 1.82) is 0 Å². The van der Waals surface area contributed by atoms with Crippen LogP contribution < -0.4 is 0 Å². The molecule has 118 valence electrons. The van der Waals surface area contributed by atoms with Crippen molar-refractivity contribution in [1.82, 2.24) is 9.47 Å². The standard InChI is InChI=1S/C15H17IN2O3S/c1-17(9-10-22(2,20)21)15(19)14-7-4-8-18(14)13-6-3-5-12(16)11-13/h3-8,11H,9-10H2,1-2H3. The minimum absolute atomic E-state index is 0.0425. The van der Waals surface area contributed by atoms with Gasteiger partial charge in [-0.25, -0.2) is 8.42 Å². The van der Waals surface area contributed by atoms with Crippen molar-refractivity contribution in [3.05, 3.63) is 51.9 Å². The summed E-state index contributed by atoms with van der Waals surface area (Å²) in [5.74, 6) is -0.244. The molecule has 0 unspecified atom stereocenters. The van der Waals surface area contributed by atoms with Crippen molar-refractivity contribution in [2.24, 2.45) is 0 Å². The van der Waals surface area contributed by atoms with Gasteiger partial charge in [0.15, 0.2) is 0 Å². The van der Waals surface area contributed by atoms with E-state index in [0.717, 1.165) is 9.26 Å². The topological polar surface area (TPSA) is 59.4 Å². The molecule has 0 radical (unpaired) electrons. The molecule has 5 nitrogen and oxygen atoms in total. The van der Waals surface area contributed by atoms with E-state index in [9.17, 15) is 13.2 Å². The van der Waals surface area contributed by atoms with Crippen LogP contribution in [0.25, 0.3) is 5.69 Å². The van der Waals surface area contributed by atoms with Gasteiger partial charge in [-0.1, -0.05) is 6.07 Å². The van der Waals surface area contributed by atoms with E-state index in [1.165, 1.54) is 11.2 Å². The molecule has 0 aliphatic carbocycles. The Hall–Kier alpha value is -1.35. The van der Waals surface area contributed by atoms with Crippen molar-refractivity contribution in [3.63, 3.8) is 0 Å². The molecular formula is C15H17IN2O3S. The number of aromatic nitrogens is 1. The Bertz CT molecular complexity index is 784. The number of amides is 1. The highest BCUT2D eigenvalue weighted by molar-refractivity contribution is 14.1. The summed E-state index contributed by atoms with van der Waals surface area (Å²) in [5.41, 5.74) is 1.41. The SMILES string of the molecule is CN(CCS(C)(=O)=O)C(=O)c1cccn1-c1cccc(I)c1. The van der Waals surface area contributed by atoms with E-state index in [4.69, 9.17) is 0 Å². The smallest absolute Gasteiger partial charge is 0.270 e. The molecule has 1 aromatic heterocycles. The molecule has 0 aliphatic heterocycles. The number of halogens is 1. The molecule has 2 rings (SSSR count). The number of hydrogen-bond acceptors (Lipinski definition) is 3. The van der Waals surface area contributed by atoms with Gasteiger partial charge in [-0.15, -0.1) is 0 Å². The summed E-state index contributed by atoms with van der Waals surface area (Å²) in [7, 11) is -1.48. The minimum Gasteiger partial charge on any atom is -0.339 e. The third kappa shape index (κ3) is 4.33. The molecule has 0 atom stereocenters. The molecule has 0 bridgehead atoms. The zero-order chi connectivity index (χ0) is 16.3. The fourth-order valence-electron chi connectivity index (χ4n) is 2.01. The zero-order valence-corrected chi connectivity index (χ0v) is 15.3. The summed E-state index contributed by atoms with van der Waals surface area (Å²) in [6.07, 6.45) is 2.99. The summed E-state index contributed by atoms with van der Waals surface area (Å²) in [6.45, 7) is 0.176. The average Bonchev–Trinajstić information content (AvgIpc) is 2.92. The van der Waals surface area contributed by atoms with E-state index in [1.807, 2.05) is 30.5 Å². The van der Waals surface area contributed by atoms with Crippen molar-refractivity contribution in [2.75, 3.05) is 25.6 Å². The Balaban J connectivity index is 2.23. The predicted octanol–water partition coefficient (Wildman–Crippen LogP) is 2.20. The Kier molecular flexibility index (Phi) is 5.28. The third-order valence-corrected chi connectivity index (χ3v) is 4.79. The first kappa shape index (κ1) is 17.0. The average molecular weight is 432 g/mol. The second kappa shape index (κ2) is 6.82. The normalized spacial score (nSPS) is 11.4. The lowest BCUT2D eigenvalue weighted by atomic mass is 10.3. The fraction of sp³-hybridized carbons (Fsp3) is 0.267. The zero-order valence-electron chi connectivity index (χ0n) is 12.4. The van der Waals surface area contributed by atoms with Crippen LogP contribution in [0.2, 0.25) is 0 Å². The van der Waals surface area contributed by atoms with Crippen LogP contribution in [-0.2, 0) is 9.84 Å². The molecule has 0 N–H and O–H groups in total. The van der Waals surface area contributed by atoms with E-state index in [1.54, 1.807) is 23.7 Å². The van der Waals surface area contributed by atoms with Crippen LogP contribution in [-0.4, -0.2) is 49.4 Å². The molecule has 1 amide bonds. The molecule has 0 fully saturated rings. The summed E-state index contributed by atoms with van der Waals surface area (Å²) < 4.78 is 25.3. The van der Waals surface area contributed by atoms with Gasteiger partial charge in [0, 0.05) is 35.3 Å². The Morgan fingerprint density at radius 1 is 1.27 bits per heavy atom. The number of benzene rings is 1. The Morgan fingerprint density at radius 3 is 2.64 bits per heavy atom. The first-order valence-electron chi connectivity index (χ1n) is 6.64. The summed E-state index contributed by atoms with van der Waals surface area (Å²) in [5, 5.41) is 0. The van der Waals surface area contributed by atoms with Crippen molar-refractivity contribution in [3.8, 4) is 5.69 Å². The van der Waals surface area contributed by atoms with Gasteiger partial charge < -0.3 is 9.47 Å². The highest BCUT2D eigenvalue weighted by Gasteiger charge is 2.17. The van der Waals surface area contributed by atoms with Gasteiger partial charge in [-0.2, -0.15) is 0 Å². The first-order chi connectivity index (χ1) is 10.3. The van der Waals surface area contributed by atoms with Gasteiger partial charge in [0.25, 0.3) is 5.91 Å².